The van der Waals surface area contributed by atoms with E-state index in [2.05, 4.69) is 30.7 Å². The molecule has 1 fully saturated rings. The molecule has 1 aliphatic rings. The Hall–Kier alpha value is -0.340. The van der Waals surface area contributed by atoms with E-state index < -0.39 is 0 Å². The van der Waals surface area contributed by atoms with Crippen LogP contribution in [-0.4, -0.2) is 13.1 Å². The van der Waals surface area contributed by atoms with Crippen LogP contribution in [0.5, 0.6) is 0 Å². The van der Waals surface area contributed by atoms with Crippen molar-refractivity contribution in [1.82, 2.24) is 5.32 Å². The lowest BCUT2D eigenvalue weighted by Crippen LogP contribution is -2.30. The maximum absolute atomic E-state index is 3.40. The van der Waals surface area contributed by atoms with Gasteiger partial charge in [0.2, 0.25) is 0 Å². The second-order valence-electron chi connectivity index (χ2n) is 4.74. The summed E-state index contributed by atoms with van der Waals surface area (Å²) in [5.41, 5.74) is 1.50. The van der Waals surface area contributed by atoms with Crippen molar-refractivity contribution in [3.8, 4) is 0 Å². The van der Waals surface area contributed by atoms with E-state index in [9.17, 15) is 0 Å². The Morgan fingerprint density at radius 2 is 2.07 bits per heavy atom. The van der Waals surface area contributed by atoms with Gasteiger partial charge in [-0.05, 0) is 69.0 Å². The van der Waals surface area contributed by atoms with E-state index in [0.717, 1.165) is 12.0 Å². The van der Waals surface area contributed by atoms with Gasteiger partial charge in [-0.3, -0.25) is 0 Å². The van der Waals surface area contributed by atoms with Gasteiger partial charge in [0.05, 0.1) is 0 Å². The molecule has 0 aliphatic heterocycles. The summed E-state index contributed by atoms with van der Waals surface area (Å²) in [4.78, 5) is 1.61. The highest BCUT2D eigenvalue weighted by Gasteiger charge is 2.20. The minimum atomic E-state index is 0.783. The average Bonchev–Trinajstić information content (AvgIpc) is 2.66. The molecule has 1 N–H and O–H groups in total. The van der Waals surface area contributed by atoms with Crippen molar-refractivity contribution in [2.75, 3.05) is 7.05 Å². The number of thiophene rings is 1. The Morgan fingerprint density at radius 3 is 2.60 bits per heavy atom. The van der Waals surface area contributed by atoms with E-state index in [1.165, 1.54) is 37.7 Å². The summed E-state index contributed by atoms with van der Waals surface area (Å²) >= 11 is 1.93. The number of aryl methyl sites for hydroxylation is 1. The van der Waals surface area contributed by atoms with Gasteiger partial charge in [-0.15, -0.1) is 11.3 Å². The predicted octanol–water partition coefficient (Wildman–Crippen LogP) is 3.38. The summed E-state index contributed by atoms with van der Waals surface area (Å²) < 4.78 is 0. The highest BCUT2D eigenvalue weighted by molar-refractivity contribution is 7.10. The van der Waals surface area contributed by atoms with Crippen LogP contribution in [0.2, 0.25) is 0 Å². The standard InChI is InChI=1S/C13H21NS/c1-10-7-8-15-13(10)9-11-3-5-12(14-2)6-4-11/h7-8,11-12,14H,3-6,9H2,1-2H3. The molecule has 84 valence electrons. The lowest BCUT2D eigenvalue weighted by atomic mass is 9.83. The van der Waals surface area contributed by atoms with Crippen molar-refractivity contribution in [3.63, 3.8) is 0 Å². The molecule has 0 radical (unpaired) electrons. The molecule has 0 bridgehead atoms. The Morgan fingerprint density at radius 1 is 1.33 bits per heavy atom. The summed E-state index contributed by atoms with van der Waals surface area (Å²) in [5, 5.41) is 5.62. The predicted molar refractivity (Wildman–Crippen MR) is 67.6 cm³/mol. The summed E-state index contributed by atoms with van der Waals surface area (Å²) in [7, 11) is 2.09. The fourth-order valence-electron chi connectivity index (χ4n) is 2.53. The molecule has 0 amide bonds. The molecule has 2 rings (SSSR count). The van der Waals surface area contributed by atoms with Crippen LogP contribution in [0, 0.1) is 12.8 Å². The summed E-state index contributed by atoms with van der Waals surface area (Å²) in [6.07, 6.45) is 6.86. The second kappa shape index (κ2) is 5.13. The minimum absolute atomic E-state index is 0.783. The maximum Gasteiger partial charge on any atom is 0.00771 e. The number of nitrogens with one attached hydrogen (secondary N) is 1. The first-order chi connectivity index (χ1) is 7.29. The van der Waals surface area contributed by atoms with Crippen molar-refractivity contribution in [3.05, 3.63) is 21.9 Å². The normalized spacial score (nSPS) is 26.8. The Bertz CT molecular complexity index is 297. The first-order valence-electron chi connectivity index (χ1n) is 6.00. The first kappa shape index (κ1) is 11.2. The monoisotopic (exact) mass is 223 g/mol. The molecule has 1 heterocycles. The topological polar surface area (TPSA) is 12.0 Å². The van der Waals surface area contributed by atoms with Crippen LogP contribution in [0.3, 0.4) is 0 Å². The van der Waals surface area contributed by atoms with Crippen molar-refractivity contribution in [2.45, 2.75) is 45.1 Å². The van der Waals surface area contributed by atoms with E-state index in [4.69, 9.17) is 0 Å². The van der Waals surface area contributed by atoms with Crippen LogP contribution >= 0.6 is 11.3 Å². The van der Waals surface area contributed by atoms with Crippen molar-refractivity contribution < 1.29 is 0 Å². The zero-order chi connectivity index (χ0) is 10.7. The molecular weight excluding hydrogens is 202 g/mol. The largest absolute Gasteiger partial charge is 0.317 e. The Balaban J connectivity index is 1.85. The fourth-order valence-corrected chi connectivity index (χ4v) is 3.55. The highest BCUT2D eigenvalue weighted by atomic mass is 32.1. The molecule has 0 spiro atoms. The Labute approximate surface area is 96.9 Å². The molecule has 0 atom stereocenters. The van der Waals surface area contributed by atoms with E-state index >= 15 is 0 Å². The number of rotatable bonds is 3. The molecule has 2 heteroatoms. The molecule has 1 aromatic heterocycles. The second-order valence-corrected chi connectivity index (χ2v) is 5.74. The smallest absolute Gasteiger partial charge is 0.00771 e. The number of hydrogen-bond donors (Lipinski definition) is 1. The van der Waals surface area contributed by atoms with E-state index in [0.29, 0.717) is 0 Å². The molecule has 1 saturated carbocycles. The van der Waals surface area contributed by atoms with Crippen LogP contribution < -0.4 is 5.32 Å². The molecule has 1 aromatic rings. The zero-order valence-electron chi connectivity index (χ0n) is 9.75. The quantitative estimate of drug-likeness (QED) is 0.828. The molecule has 1 aliphatic carbocycles. The third-order valence-electron chi connectivity index (χ3n) is 3.70. The molecule has 0 aromatic carbocycles. The molecule has 1 nitrogen and oxygen atoms in total. The minimum Gasteiger partial charge on any atom is -0.317 e. The fraction of sp³-hybridized carbons (Fsp3) is 0.692. The average molecular weight is 223 g/mol. The summed E-state index contributed by atoms with van der Waals surface area (Å²) in [5.74, 6) is 0.937. The van der Waals surface area contributed by atoms with E-state index in [1.54, 1.807) is 4.88 Å². The number of hydrogen-bond acceptors (Lipinski definition) is 2. The van der Waals surface area contributed by atoms with Crippen LogP contribution in [0.1, 0.15) is 36.1 Å². The van der Waals surface area contributed by atoms with Crippen LogP contribution in [0.25, 0.3) is 0 Å². The SMILES string of the molecule is CNC1CCC(Cc2sccc2C)CC1. The van der Waals surface area contributed by atoms with Gasteiger partial charge in [-0.1, -0.05) is 0 Å². The Kier molecular flexibility index (Phi) is 3.81. The lowest BCUT2D eigenvalue weighted by molar-refractivity contribution is 0.301. The third-order valence-corrected chi connectivity index (χ3v) is 4.74. The van der Waals surface area contributed by atoms with Crippen LogP contribution in [0.4, 0.5) is 0 Å². The van der Waals surface area contributed by atoms with Gasteiger partial charge in [-0.25, -0.2) is 0 Å². The lowest BCUT2D eigenvalue weighted by Gasteiger charge is -2.28. The third kappa shape index (κ3) is 2.82. The van der Waals surface area contributed by atoms with Gasteiger partial charge >= 0.3 is 0 Å². The van der Waals surface area contributed by atoms with Crippen molar-refractivity contribution in [2.24, 2.45) is 5.92 Å². The van der Waals surface area contributed by atoms with Gasteiger partial charge in [0.15, 0.2) is 0 Å². The van der Waals surface area contributed by atoms with Gasteiger partial charge in [-0.2, -0.15) is 0 Å². The molecule has 15 heavy (non-hydrogen) atoms. The van der Waals surface area contributed by atoms with Crippen LogP contribution in [-0.2, 0) is 6.42 Å². The van der Waals surface area contributed by atoms with Crippen LogP contribution in [0.15, 0.2) is 11.4 Å². The van der Waals surface area contributed by atoms with Crippen molar-refractivity contribution in [1.29, 1.82) is 0 Å². The van der Waals surface area contributed by atoms with Gasteiger partial charge in [0.1, 0.15) is 0 Å². The van der Waals surface area contributed by atoms with Gasteiger partial charge in [0.25, 0.3) is 0 Å². The first-order valence-corrected chi connectivity index (χ1v) is 6.87. The summed E-state index contributed by atoms with van der Waals surface area (Å²) in [6, 6.07) is 3.03. The van der Waals surface area contributed by atoms with E-state index in [1.807, 2.05) is 11.3 Å². The van der Waals surface area contributed by atoms with E-state index in [-0.39, 0.29) is 0 Å². The van der Waals surface area contributed by atoms with Crippen molar-refractivity contribution >= 4 is 11.3 Å². The molecule has 0 saturated heterocycles. The summed E-state index contributed by atoms with van der Waals surface area (Å²) in [6.45, 7) is 2.24. The van der Waals surface area contributed by atoms with Gasteiger partial charge < -0.3 is 5.32 Å². The molecular formula is C13H21NS. The highest BCUT2D eigenvalue weighted by Crippen LogP contribution is 2.29. The maximum atomic E-state index is 3.40. The van der Waals surface area contributed by atoms with Gasteiger partial charge in [0, 0.05) is 10.9 Å². The zero-order valence-corrected chi connectivity index (χ0v) is 10.6. The molecule has 0 unspecified atom stereocenters.